The summed E-state index contributed by atoms with van der Waals surface area (Å²) in [4.78, 5) is 27.5. The fraction of sp³-hybridized carbons (Fsp3) is 0.222. The maximum absolute atomic E-state index is 12.4. The first-order chi connectivity index (χ1) is 11.6. The number of benzene rings is 1. The van der Waals surface area contributed by atoms with Gasteiger partial charge >= 0.3 is 0 Å². The summed E-state index contributed by atoms with van der Waals surface area (Å²) in [6.45, 7) is 3.85. The van der Waals surface area contributed by atoms with Gasteiger partial charge in [0.1, 0.15) is 5.82 Å². The molecule has 6 nitrogen and oxygen atoms in total. The highest BCUT2D eigenvalue weighted by Gasteiger charge is 2.20. The number of aromatic amines is 2. The van der Waals surface area contributed by atoms with Crippen LogP contribution in [0, 0.1) is 17.2 Å². The minimum atomic E-state index is -0.173. The van der Waals surface area contributed by atoms with Crippen LogP contribution in [-0.2, 0) is 0 Å². The molecule has 0 saturated carbocycles. The zero-order chi connectivity index (χ0) is 16.8. The number of nitrogens with zero attached hydrogens (tertiary/aromatic N) is 3. The molecule has 6 heteroatoms. The first kappa shape index (κ1) is 14.4. The van der Waals surface area contributed by atoms with Crippen LogP contribution < -0.4 is 5.56 Å². The van der Waals surface area contributed by atoms with Crippen LogP contribution >= 0.6 is 0 Å². The molecule has 0 fully saturated rings. The molecule has 0 amide bonds. The van der Waals surface area contributed by atoms with Crippen molar-refractivity contribution in [3.63, 3.8) is 0 Å². The molecule has 0 bridgehead atoms. The van der Waals surface area contributed by atoms with Gasteiger partial charge < -0.3 is 9.97 Å². The van der Waals surface area contributed by atoms with Crippen LogP contribution in [0.2, 0.25) is 0 Å². The number of aromatic nitrogens is 4. The third-order valence-corrected chi connectivity index (χ3v) is 4.64. The second kappa shape index (κ2) is 5.17. The summed E-state index contributed by atoms with van der Waals surface area (Å²) in [5.41, 5.74) is 2.06. The van der Waals surface area contributed by atoms with Gasteiger partial charge in [-0.25, -0.2) is 4.98 Å². The van der Waals surface area contributed by atoms with E-state index < -0.39 is 0 Å². The topological polar surface area (TPSA) is 98.2 Å². The van der Waals surface area contributed by atoms with Crippen molar-refractivity contribution in [2.75, 3.05) is 0 Å². The lowest BCUT2D eigenvalue weighted by atomic mass is 9.97. The lowest BCUT2D eigenvalue weighted by Crippen LogP contribution is -2.06. The highest BCUT2D eigenvalue weighted by Crippen LogP contribution is 2.32. The van der Waals surface area contributed by atoms with Gasteiger partial charge in [-0.05, 0) is 25.1 Å². The Morgan fingerprint density at radius 1 is 1.21 bits per heavy atom. The van der Waals surface area contributed by atoms with Crippen molar-refractivity contribution in [3.05, 3.63) is 46.8 Å². The fourth-order valence-electron chi connectivity index (χ4n) is 3.06. The largest absolute Gasteiger partial charge is 0.341 e. The van der Waals surface area contributed by atoms with Gasteiger partial charge in [-0.15, -0.1) is 0 Å². The van der Waals surface area contributed by atoms with Gasteiger partial charge in [0.25, 0.3) is 5.56 Å². The van der Waals surface area contributed by atoms with E-state index in [-0.39, 0.29) is 17.4 Å². The average Bonchev–Trinajstić information content (AvgIpc) is 3.06. The third-order valence-electron chi connectivity index (χ3n) is 4.64. The number of pyridine rings is 2. The Balaban J connectivity index is 2.19. The van der Waals surface area contributed by atoms with Crippen molar-refractivity contribution in [1.82, 2.24) is 19.9 Å². The van der Waals surface area contributed by atoms with Gasteiger partial charge in [0.15, 0.2) is 0 Å². The van der Waals surface area contributed by atoms with Gasteiger partial charge in [-0.2, -0.15) is 5.26 Å². The highest BCUT2D eigenvalue weighted by molar-refractivity contribution is 6.21. The predicted molar refractivity (Wildman–Crippen MR) is 92.7 cm³/mol. The quantitative estimate of drug-likeness (QED) is 0.555. The lowest BCUT2D eigenvalue weighted by Gasteiger charge is -2.09. The molecule has 2 N–H and O–H groups in total. The number of imidazole rings is 1. The highest BCUT2D eigenvalue weighted by atomic mass is 16.1. The monoisotopic (exact) mass is 317 g/mol. The van der Waals surface area contributed by atoms with E-state index in [9.17, 15) is 10.1 Å². The molecule has 118 valence electrons. The molecule has 3 aromatic heterocycles. The second-order valence-electron chi connectivity index (χ2n) is 6.05. The van der Waals surface area contributed by atoms with Crippen LogP contribution in [0.25, 0.3) is 32.7 Å². The third kappa shape index (κ3) is 1.91. The Labute approximate surface area is 137 Å². The molecule has 24 heavy (non-hydrogen) atoms. The summed E-state index contributed by atoms with van der Waals surface area (Å²) in [6.07, 6.45) is 3.30. The molecule has 2 unspecified atom stereocenters. The van der Waals surface area contributed by atoms with E-state index in [4.69, 9.17) is 4.98 Å². The summed E-state index contributed by atoms with van der Waals surface area (Å²) >= 11 is 0. The Bertz CT molecular complexity index is 1180. The molecule has 0 aliphatic carbocycles. The van der Waals surface area contributed by atoms with Crippen molar-refractivity contribution in [2.45, 2.75) is 19.8 Å². The Kier molecular flexibility index (Phi) is 3.10. The van der Waals surface area contributed by atoms with E-state index in [0.717, 1.165) is 27.6 Å². The minimum absolute atomic E-state index is 0.0360. The Hall–Kier alpha value is -3.20. The molecular weight excluding hydrogens is 302 g/mol. The summed E-state index contributed by atoms with van der Waals surface area (Å²) in [5.74, 6) is 0.549. The van der Waals surface area contributed by atoms with E-state index in [1.54, 1.807) is 12.4 Å². The van der Waals surface area contributed by atoms with Crippen LogP contribution in [0.1, 0.15) is 25.6 Å². The second-order valence-corrected chi connectivity index (χ2v) is 6.05. The normalized spacial score (nSPS) is 14.0. The molecule has 4 rings (SSSR count). The minimum Gasteiger partial charge on any atom is -0.341 e. The molecule has 2 atom stereocenters. The summed E-state index contributed by atoms with van der Waals surface area (Å²) < 4.78 is 0. The molecule has 0 aliphatic rings. The molecule has 4 aromatic rings. The SMILES string of the molecule is CC(C#N)C(C)c1nc2c3cccnc3c3c(=O)[nH]ccc3c2[nH]1. The van der Waals surface area contributed by atoms with Gasteiger partial charge in [0.05, 0.1) is 33.9 Å². The van der Waals surface area contributed by atoms with Crippen molar-refractivity contribution in [2.24, 2.45) is 5.92 Å². The van der Waals surface area contributed by atoms with Gasteiger partial charge in [-0.3, -0.25) is 9.78 Å². The average molecular weight is 317 g/mol. The fourth-order valence-corrected chi connectivity index (χ4v) is 3.06. The summed E-state index contributed by atoms with van der Waals surface area (Å²) in [5, 5.41) is 11.3. The maximum Gasteiger partial charge on any atom is 0.258 e. The van der Waals surface area contributed by atoms with Crippen molar-refractivity contribution in [1.29, 1.82) is 5.26 Å². The van der Waals surface area contributed by atoms with Crippen molar-refractivity contribution < 1.29 is 0 Å². The zero-order valence-electron chi connectivity index (χ0n) is 13.3. The van der Waals surface area contributed by atoms with E-state index >= 15 is 0 Å². The van der Waals surface area contributed by atoms with E-state index in [0.29, 0.717) is 10.9 Å². The molecular formula is C18H15N5O. The Morgan fingerprint density at radius 2 is 2.04 bits per heavy atom. The number of nitriles is 1. The molecule has 0 saturated heterocycles. The van der Waals surface area contributed by atoms with Crippen LogP contribution in [-0.4, -0.2) is 19.9 Å². The molecule has 3 heterocycles. The van der Waals surface area contributed by atoms with E-state index in [2.05, 4.69) is 21.0 Å². The molecule has 1 aromatic carbocycles. The van der Waals surface area contributed by atoms with Gasteiger partial charge in [0.2, 0.25) is 0 Å². The molecule has 0 spiro atoms. The van der Waals surface area contributed by atoms with E-state index in [1.807, 2.05) is 32.0 Å². The first-order valence-electron chi connectivity index (χ1n) is 7.79. The number of nitrogens with one attached hydrogen (secondary N) is 2. The van der Waals surface area contributed by atoms with Crippen LogP contribution in [0.4, 0.5) is 0 Å². The van der Waals surface area contributed by atoms with Crippen LogP contribution in [0.3, 0.4) is 0 Å². The molecule has 0 aliphatic heterocycles. The number of hydrogen-bond acceptors (Lipinski definition) is 4. The van der Waals surface area contributed by atoms with Crippen molar-refractivity contribution >= 4 is 32.7 Å². The predicted octanol–water partition coefficient (Wildman–Crippen LogP) is 3.22. The van der Waals surface area contributed by atoms with Crippen LogP contribution in [0.15, 0.2) is 35.4 Å². The van der Waals surface area contributed by atoms with Gasteiger partial charge in [0, 0.05) is 29.1 Å². The smallest absolute Gasteiger partial charge is 0.258 e. The number of H-pyrrole nitrogens is 2. The van der Waals surface area contributed by atoms with Crippen molar-refractivity contribution in [3.8, 4) is 6.07 Å². The number of hydrogen-bond donors (Lipinski definition) is 2. The zero-order valence-corrected chi connectivity index (χ0v) is 13.3. The summed E-state index contributed by atoms with van der Waals surface area (Å²) in [7, 11) is 0. The number of fused-ring (bicyclic) bond motifs is 6. The molecule has 0 radical (unpaired) electrons. The van der Waals surface area contributed by atoms with E-state index in [1.165, 1.54) is 0 Å². The van der Waals surface area contributed by atoms with Gasteiger partial charge in [-0.1, -0.05) is 6.92 Å². The first-order valence-corrected chi connectivity index (χ1v) is 7.79. The maximum atomic E-state index is 12.4. The standard InChI is InChI=1S/C18H15N5O/c1-9(8-19)10(2)17-22-15-11-5-7-21-18(24)13(11)14-12(16(15)23-17)4-3-6-20-14/h3-7,9-10H,1-2H3,(H,21,24)(H,22,23). The van der Waals surface area contributed by atoms with Crippen LogP contribution in [0.5, 0.6) is 0 Å². The summed E-state index contributed by atoms with van der Waals surface area (Å²) in [6, 6.07) is 7.87. The Morgan fingerprint density at radius 3 is 2.83 bits per heavy atom. The lowest BCUT2D eigenvalue weighted by molar-refractivity contribution is 0.577. The number of rotatable bonds is 2.